The molecule has 1 heterocycles. The predicted molar refractivity (Wildman–Crippen MR) is 98.2 cm³/mol. The van der Waals surface area contributed by atoms with E-state index >= 15 is 0 Å². The minimum atomic E-state index is 0.496. The summed E-state index contributed by atoms with van der Waals surface area (Å²) in [6, 6.07) is 10.1. The first kappa shape index (κ1) is 14.1. The Balaban J connectivity index is 1.23. The summed E-state index contributed by atoms with van der Waals surface area (Å²) in [7, 11) is 0. The van der Waals surface area contributed by atoms with Crippen LogP contribution in [0.1, 0.15) is 62.5 Å². The van der Waals surface area contributed by atoms with Crippen LogP contribution in [0.4, 0.5) is 0 Å². The van der Waals surface area contributed by atoms with Gasteiger partial charge in [-0.3, -0.25) is 4.90 Å². The Morgan fingerprint density at radius 2 is 1.88 bits per heavy atom. The van der Waals surface area contributed by atoms with Crippen LogP contribution in [0.5, 0.6) is 0 Å². The molecule has 3 fully saturated rings. The van der Waals surface area contributed by atoms with Gasteiger partial charge in [0.1, 0.15) is 0 Å². The summed E-state index contributed by atoms with van der Waals surface area (Å²) < 4.78 is 0. The van der Waals surface area contributed by atoms with Crippen LogP contribution in [-0.4, -0.2) is 24.0 Å². The molecule has 0 aromatic heterocycles. The Labute approximate surface area is 146 Å². The zero-order valence-electron chi connectivity index (χ0n) is 14.9. The van der Waals surface area contributed by atoms with Crippen molar-refractivity contribution >= 4 is 0 Å². The maximum absolute atomic E-state index is 2.86. The number of benzene rings is 1. The molecule has 5 aliphatic rings. The molecule has 126 valence electrons. The quantitative estimate of drug-likeness (QED) is 0.667. The lowest BCUT2D eigenvalue weighted by Crippen LogP contribution is -2.47. The van der Waals surface area contributed by atoms with Gasteiger partial charge in [0.05, 0.1) is 0 Å². The molecule has 1 heteroatoms. The van der Waals surface area contributed by atoms with Crippen molar-refractivity contribution in [1.29, 1.82) is 0 Å². The fourth-order valence-electron chi connectivity index (χ4n) is 7.04. The van der Waals surface area contributed by atoms with E-state index in [-0.39, 0.29) is 0 Å². The molecule has 6 rings (SSSR count). The summed E-state index contributed by atoms with van der Waals surface area (Å²) in [5.41, 5.74) is 5.68. The van der Waals surface area contributed by atoms with Crippen molar-refractivity contribution < 1.29 is 0 Å². The maximum Gasteiger partial charge on any atom is 0.0312 e. The SMILES string of the molecule is CC1CC2(CCN(C3C=C4CC3CC3CC43)CC2)c2ccccc21. The third-order valence-corrected chi connectivity index (χ3v) is 8.31. The van der Waals surface area contributed by atoms with Gasteiger partial charge in [0.15, 0.2) is 0 Å². The molecule has 2 bridgehead atoms. The minimum Gasteiger partial charge on any atom is -0.297 e. The van der Waals surface area contributed by atoms with E-state index in [1.54, 1.807) is 11.1 Å². The number of hydrogen-bond acceptors (Lipinski definition) is 1. The summed E-state index contributed by atoms with van der Waals surface area (Å²) in [5, 5.41) is 0. The normalized spacial score (nSPS) is 41.9. The Bertz CT molecular complexity index is 709. The van der Waals surface area contributed by atoms with Crippen LogP contribution in [0, 0.1) is 17.8 Å². The zero-order chi connectivity index (χ0) is 15.9. The van der Waals surface area contributed by atoms with Crippen LogP contribution in [-0.2, 0) is 5.41 Å². The van der Waals surface area contributed by atoms with Gasteiger partial charge in [-0.2, -0.15) is 0 Å². The molecular formula is C23H29N. The average Bonchev–Trinajstić information content (AvgIpc) is 3.24. The molecule has 0 radical (unpaired) electrons. The Kier molecular flexibility index (Phi) is 2.80. The van der Waals surface area contributed by atoms with Crippen molar-refractivity contribution in [3.8, 4) is 0 Å². The molecule has 1 saturated heterocycles. The van der Waals surface area contributed by atoms with Crippen LogP contribution in [0.15, 0.2) is 35.9 Å². The third kappa shape index (κ3) is 1.85. The van der Waals surface area contributed by atoms with Gasteiger partial charge in [0.25, 0.3) is 0 Å². The molecular weight excluding hydrogens is 290 g/mol. The number of allylic oxidation sites excluding steroid dienone is 1. The summed E-state index contributed by atoms with van der Waals surface area (Å²) in [6.45, 7) is 5.08. The lowest BCUT2D eigenvalue weighted by atomic mass is 9.73. The van der Waals surface area contributed by atoms with Crippen molar-refractivity contribution in [3.05, 3.63) is 47.0 Å². The molecule has 1 aliphatic heterocycles. The first-order valence-corrected chi connectivity index (χ1v) is 10.3. The van der Waals surface area contributed by atoms with Gasteiger partial charge in [-0.15, -0.1) is 0 Å². The molecule has 4 aliphatic carbocycles. The Hall–Kier alpha value is -1.08. The van der Waals surface area contributed by atoms with Crippen molar-refractivity contribution in [3.63, 3.8) is 0 Å². The molecule has 1 spiro atoms. The number of piperidine rings is 1. The van der Waals surface area contributed by atoms with E-state index in [0.717, 1.165) is 29.7 Å². The molecule has 24 heavy (non-hydrogen) atoms. The highest BCUT2D eigenvalue weighted by Gasteiger charge is 2.52. The first-order chi connectivity index (χ1) is 11.7. The van der Waals surface area contributed by atoms with E-state index < -0.39 is 0 Å². The van der Waals surface area contributed by atoms with E-state index in [1.807, 2.05) is 5.57 Å². The third-order valence-electron chi connectivity index (χ3n) is 8.31. The highest BCUT2D eigenvalue weighted by molar-refractivity contribution is 5.43. The second kappa shape index (κ2) is 4.75. The minimum absolute atomic E-state index is 0.496. The molecule has 2 saturated carbocycles. The van der Waals surface area contributed by atoms with Gasteiger partial charge in [0, 0.05) is 6.04 Å². The largest absolute Gasteiger partial charge is 0.297 e. The molecule has 5 atom stereocenters. The van der Waals surface area contributed by atoms with Crippen LogP contribution >= 0.6 is 0 Å². The van der Waals surface area contributed by atoms with Gasteiger partial charge in [-0.25, -0.2) is 0 Å². The number of nitrogens with zero attached hydrogens (tertiary/aromatic N) is 1. The van der Waals surface area contributed by atoms with Crippen molar-refractivity contribution in [2.75, 3.05) is 13.1 Å². The van der Waals surface area contributed by atoms with Crippen molar-refractivity contribution in [2.45, 2.75) is 62.8 Å². The molecule has 0 amide bonds. The van der Waals surface area contributed by atoms with Crippen LogP contribution in [0.3, 0.4) is 0 Å². The molecule has 1 aromatic rings. The molecule has 0 N–H and O–H groups in total. The Morgan fingerprint density at radius 3 is 2.75 bits per heavy atom. The van der Waals surface area contributed by atoms with Crippen LogP contribution in [0.25, 0.3) is 0 Å². The van der Waals surface area contributed by atoms with E-state index in [0.29, 0.717) is 5.41 Å². The highest BCUT2D eigenvalue weighted by atomic mass is 15.2. The number of hydrogen-bond donors (Lipinski definition) is 0. The van der Waals surface area contributed by atoms with Crippen LogP contribution in [0.2, 0.25) is 0 Å². The van der Waals surface area contributed by atoms with Crippen molar-refractivity contribution in [1.82, 2.24) is 4.90 Å². The molecule has 1 aromatic carbocycles. The predicted octanol–water partition coefficient (Wildman–Crippen LogP) is 4.88. The number of rotatable bonds is 1. The van der Waals surface area contributed by atoms with Gasteiger partial charge >= 0.3 is 0 Å². The smallest absolute Gasteiger partial charge is 0.0312 e. The first-order valence-electron chi connectivity index (χ1n) is 10.3. The van der Waals surface area contributed by atoms with E-state index in [9.17, 15) is 0 Å². The topological polar surface area (TPSA) is 3.24 Å². The van der Waals surface area contributed by atoms with Crippen LogP contribution < -0.4 is 0 Å². The maximum atomic E-state index is 2.86. The van der Waals surface area contributed by atoms with E-state index in [4.69, 9.17) is 0 Å². The summed E-state index contributed by atoms with van der Waals surface area (Å²) >= 11 is 0. The fourth-order valence-corrected chi connectivity index (χ4v) is 7.04. The van der Waals surface area contributed by atoms with Gasteiger partial charge in [0.2, 0.25) is 0 Å². The van der Waals surface area contributed by atoms with E-state index in [2.05, 4.69) is 42.2 Å². The lowest BCUT2D eigenvalue weighted by molar-refractivity contribution is 0.103. The van der Waals surface area contributed by atoms with Gasteiger partial charge < -0.3 is 0 Å². The van der Waals surface area contributed by atoms with E-state index in [1.165, 1.54) is 51.6 Å². The van der Waals surface area contributed by atoms with Gasteiger partial charge in [-0.05, 0) is 91.8 Å². The second-order valence-electron chi connectivity index (χ2n) is 9.54. The van der Waals surface area contributed by atoms with Gasteiger partial charge in [-0.1, -0.05) is 42.8 Å². The summed E-state index contributed by atoms with van der Waals surface area (Å²) in [6.07, 6.45) is 11.4. The standard InChI is InChI=1S/C23H29N/c1-15-14-23(21-5-3-2-4-19(15)21)6-8-24(9-7-23)22-13-17-11-18(22)10-16-12-20(16)17/h2-5,13,15-16,18,20,22H,6-12,14H2,1H3. The summed E-state index contributed by atoms with van der Waals surface area (Å²) in [5.74, 6) is 3.82. The lowest BCUT2D eigenvalue weighted by Gasteiger charge is -2.44. The fraction of sp³-hybridized carbons (Fsp3) is 0.652. The summed E-state index contributed by atoms with van der Waals surface area (Å²) in [4.78, 5) is 2.86. The average molecular weight is 319 g/mol. The zero-order valence-corrected chi connectivity index (χ0v) is 14.9. The monoisotopic (exact) mass is 319 g/mol. The highest BCUT2D eigenvalue weighted by Crippen LogP contribution is 2.59. The molecule has 5 unspecified atom stereocenters. The number of fused-ring (bicyclic) bond motifs is 6. The molecule has 1 nitrogen and oxygen atoms in total. The second-order valence-corrected chi connectivity index (χ2v) is 9.54. The number of likely N-dealkylation sites (tertiary alicyclic amines) is 1. The van der Waals surface area contributed by atoms with Crippen molar-refractivity contribution in [2.24, 2.45) is 17.8 Å². The Morgan fingerprint density at radius 1 is 1.04 bits per heavy atom.